The van der Waals surface area contributed by atoms with Gasteiger partial charge in [-0.1, -0.05) is 20.8 Å². The second kappa shape index (κ2) is 7.95. The summed E-state index contributed by atoms with van der Waals surface area (Å²) in [6.45, 7) is 5.88. The Hall–Kier alpha value is -2.62. The number of rotatable bonds is 2. The highest BCUT2D eigenvalue weighted by Gasteiger charge is 2.32. The number of nitrogens with one attached hydrogen (secondary N) is 2. The number of hydrogen-bond donors (Lipinski definition) is 2. The smallest absolute Gasteiger partial charge is 0.413 e. The molecule has 1 aliphatic rings. The molecule has 0 aliphatic carbocycles. The first kappa shape index (κ1) is 20.7. The quantitative estimate of drug-likeness (QED) is 0.792. The molecule has 0 spiro atoms. The number of hydrogen-bond acceptors (Lipinski definition) is 7. The van der Waals surface area contributed by atoms with E-state index in [9.17, 15) is 19.2 Å². The fraction of sp³-hybridized carbons (Fsp3) is 0.529. The van der Waals surface area contributed by atoms with Gasteiger partial charge in [0.1, 0.15) is 5.00 Å². The van der Waals surface area contributed by atoms with Gasteiger partial charge in [0.25, 0.3) is 5.91 Å². The van der Waals surface area contributed by atoms with Crippen molar-refractivity contribution in [2.75, 3.05) is 26.1 Å². The molecule has 27 heavy (non-hydrogen) atoms. The van der Waals surface area contributed by atoms with Crippen LogP contribution in [-0.2, 0) is 27.2 Å². The number of imide groups is 1. The maximum absolute atomic E-state index is 12.6. The third kappa shape index (κ3) is 4.57. The minimum Gasteiger partial charge on any atom is -0.453 e. The Labute approximate surface area is 161 Å². The lowest BCUT2D eigenvalue weighted by molar-refractivity contribution is -0.123. The predicted molar refractivity (Wildman–Crippen MR) is 98.8 cm³/mol. The highest BCUT2D eigenvalue weighted by molar-refractivity contribution is 7.17. The number of nitrogens with zero attached hydrogens (tertiary/aromatic N) is 1. The minimum absolute atomic E-state index is 0.225. The summed E-state index contributed by atoms with van der Waals surface area (Å²) in [5.41, 5.74) is 0.256. The number of alkyl carbamates (subject to hydrolysis) is 1. The second-order valence-corrected chi connectivity index (χ2v) is 8.10. The third-order valence-electron chi connectivity index (χ3n) is 4.03. The van der Waals surface area contributed by atoms with Crippen LogP contribution in [0, 0.1) is 5.41 Å². The van der Waals surface area contributed by atoms with E-state index in [2.05, 4.69) is 15.4 Å². The third-order valence-corrected chi connectivity index (χ3v) is 5.16. The maximum Gasteiger partial charge on any atom is 0.413 e. The Morgan fingerprint density at radius 3 is 2.33 bits per heavy atom. The summed E-state index contributed by atoms with van der Waals surface area (Å²) in [6, 6.07) is 0. The van der Waals surface area contributed by atoms with Crippen LogP contribution in [0.2, 0.25) is 0 Å². The molecule has 0 saturated carbocycles. The van der Waals surface area contributed by atoms with Crippen LogP contribution in [0.15, 0.2) is 0 Å². The van der Waals surface area contributed by atoms with Crippen molar-refractivity contribution in [2.45, 2.75) is 33.7 Å². The average molecular weight is 397 g/mol. The number of anilines is 1. The maximum atomic E-state index is 12.6. The lowest BCUT2D eigenvalue weighted by Gasteiger charge is -2.25. The molecule has 0 fully saturated rings. The molecule has 0 atom stereocenters. The normalized spacial score (nSPS) is 13.4. The monoisotopic (exact) mass is 397 g/mol. The summed E-state index contributed by atoms with van der Waals surface area (Å²) < 4.78 is 9.22. The van der Waals surface area contributed by atoms with Gasteiger partial charge in [0, 0.05) is 16.8 Å². The summed E-state index contributed by atoms with van der Waals surface area (Å²) in [5, 5.41) is 5.24. The first-order valence-electron chi connectivity index (χ1n) is 8.26. The van der Waals surface area contributed by atoms with Crippen LogP contribution in [0.4, 0.5) is 14.6 Å². The molecular formula is C17H23N3O6S. The van der Waals surface area contributed by atoms with Crippen molar-refractivity contribution in [3.05, 3.63) is 16.0 Å². The van der Waals surface area contributed by atoms with Gasteiger partial charge in [-0.05, 0) is 12.0 Å². The molecule has 148 valence electrons. The highest BCUT2D eigenvalue weighted by atomic mass is 32.1. The van der Waals surface area contributed by atoms with E-state index in [0.29, 0.717) is 23.5 Å². The van der Waals surface area contributed by atoms with Crippen LogP contribution in [0.1, 0.15) is 41.6 Å². The first-order chi connectivity index (χ1) is 12.6. The molecular weight excluding hydrogens is 374 g/mol. The van der Waals surface area contributed by atoms with Crippen molar-refractivity contribution in [3.8, 4) is 0 Å². The molecule has 10 heteroatoms. The van der Waals surface area contributed by atoms with Crippen LogP contribution in [0.25, 0.3) is 0 Å². The number of ether oxygens (including phenoxy) is 2. The Bertz CT molecular complexity index is 780. The van der Waals surface area contributed by atoms with Gasteiger partial charge in [-0.2, -0.15) is 0 Å². The lowest BCUT2D eigenvalue weighted by Crippen LogP contribution is -2.36. The second-order valence-electron chi connectivity index (χ2n) is 7.00. The van der Waals surface area contributed by atoms with Gasteiger partial charge in [-0.15, -0.1) is 11.3 Å². The Morgan fingerprint density at radius 1 is 1.11 bits per heavy atom. The fourth-order valence-corrected chi connectivity index (χ4v) is 3.77. The lowest BCUT2D eigenvalue weighted by atomic mass is 9.95. The molecule has 0 saturated heterocycles. The van der Waals surface area contributed by atoms with E-state index in [-0.39, 0.29) is 18.0 Å². The zero-order valence-electron chi connectivity index (χ0n) is 15.9. The van der Waals surface area contributed by atoms with E-state index in [4.69, 9.17) is 4.74 Å². The fourth-order valence-electron chi connectivity index (χ4n) is 2.51. The van der Waals surface area contributed by atoms with E-state index in [1.165, 1.54) is 23.3 Å². The van der Waals surface area contributed by atoms with E-state index in [1.807, 2.05) is 0 Å². The van der Waals surface area contributed by atoms with Crippen LogP contribution in [-0.4, -0.2) is 49.7 Å². The molecule has 4 amide bonds. The molecule has 0 bridgehead atoms. The molecule has 1 aromatic heterocycles. The molecule has 2 rings (SSSR count). The summed E-state index contributed by atoms with van der Waals surface area (Å²) in [6.07, 6.45) is -0.953. The zero-order valence-corrected chi connectivity index (χ0v) is 16.7. The highest BCUT2D eigenvalue weighted by Crippen LogP contribution is 2.38. The van der Waals surface area contributed by atoms with Crippen molar-refractivity contribution in [3.63, 3.8) is 0 Å². The Morgan fingerprint density at radius 2 is 1.78 bits per heavy atom. The zero-order chi connectivity index (χ0) is 20.4. The van der Waals surface area contributed by atoms with Gasteiger partial charge in [0.15, 0.2) is 0 Å². The summed E-state index contributed by atoms with van der Waals surface area (Å²) in [4.78, 5) is 50.5. The molecule has 1 aliphatic heterocycles. The minimum atomic E-state index is -0.889. The molecule has 2 heterocycles. The predicted octanol–water partition coefficient (Wildman–Crippen LogP) is 2.35. The topological polar surface area (TPSA) is 114 Å². The van der Waals surface area contributed by atoms with Gasteiger partial charge >= 0.3 is 12.2 Å². The standard InChI is InChI=1S/C17H23N3O6S/c1-17(2,3)14(22)19-13-11(12(21)18-15(23)25-4)9-6-7-20(16(24)26-5)8-10(9)27-13/h6-8H2,1-5H3,(H,19,22)(H,18,21,23). The SMILES string of the molecule is COC(=O)NC(=O)c1c(NC(=O)C(C)(C)C)sc2c1CCN(C(=O)OC)C2. The van der Waals surface area contributed by atoms with Gasteiger partial charge in [0.05, 0.1) is 26.3 Å². The van der Waals surface area contributed by atoms with Crippen LogP contribution < -0.4 is 10.6 Å². The van der Waals surface area contributed by atoms with E-state index in [0.717, 1.165) is 12.0 Å². The molecule has 0 aromatic carbocycles. The van der Waals surface area contributed by atoms with Crippen molar-refractivity contribution in [1.82, 2.24) is 10.2 Å². The molecule has 2 N–H and O–H groups in total. The van der Waals surface area contributed by atoms with Crippen molar-refractivity contribution >= 4 is 40.3 Å². The Kier molecular flexibility index (Phi) is 6.09. The summed E-state index contributed by atoms with van der Waals surface area (Å²) in [7, 11) is 2.46. The van der Waals surface area contributed by atoms with Crippen molar-refractivity contribution in [2.24, 2.45) is 5.41 Å². The summed E-state index contributed by atoms with van der Waals surface area (Å²) in [5.74, 6) is -0.923. The Balaban J connectivity index is 2.41. The van der Waals surface area contributed by atoms with Crippen LogP contribution in [0.3, 0.4) is 0 Å². The average Bonchev–Trinajstić information content (AvgIpc) is 2.96. The number of carbonyl (C=O) groups excluding carboxylic acids is 4. The largest absolute Gasteiger partial charge is 0.453 e. The van der Waals surface area contributed by atoms with Crippen LogP contribution >= 0.6 is 11.3 Å². The van der Waals surface area contributed by atoms with Gasteiger partial charge in [-0.3, -0.25) is 14.9 Å². The van der Waals surface area contributed by atoms with E-state index >= 15 is 0 Å². The number of thiophene rings is 1. The van der Waals surface area contributed by atoms with Crippen LogP contribution in [0.5, 0.6) is 0 Å². The van der Waals surface area contributed by atoms with Crippen molar-refractivity contribution in [1.29, 1.82) is 0 Å². The van der Waals surface area contributed by atoms with Gasteiger partial charge < -0.3 is 19.7 Å². The van der Waals surface area contributed by atoms with Gasteiger partial charge in [-0.25, -0.2) is 9.59 Å². The molecule has 1 aromatic rings. The first-order valence-corrected chi connectivity index (χ1v) is 9.08. The van der Waals surface area contributed by atoms with Gasteiger partial charge in [0.2, 0.25) is 5.91 Å². The molecule has 0 unspecified atom stereocenters. The number of fused-ring (bicyclic) bond motifs is 1. The van der Waals surface area contributed by atoms with Crippen molar-refractivity contribution < 1.29 is 28.7 Å². The van der Waals surface area contributed by atoms with E-state index < -0.39 is 23.5 Å². The molecule has 9 nitrogen and oxygen atoms in total. The number of carbonyl (C=O) groups is 4. The number of amides is 4. The van der Waals surface area contributed by atoms with E-state index in [1.54, 1.807) is 20.8 Å². The number of methoxy groups -OCH3 is 2. The summed E-state index contributed by atoms with van der Waals surface area (Å²) >= 11 is 1.21. The molecule has 0 radical (unpaired) electrons.